The highest BCUT2D eigenvalue weighted by Crippen LogP contribution is 2.15. The van der Waals surface area contributed by atoms with E-state index in [9.17, 15) is 9.18 Å². The van der Waals surface area contributed by atoms with Crippen LogP contribution in [0.4, 0.5) is 20.7 Å². The molecular weight excluding hydrogens is 259 g/mol. The number of benzene rings is 1. The van der Waals surface area contributed by atoms with Crippen LogP contribution in [-0.4, -0.2) is 11.0 Å². The molecule has 1 aromatic carbocycles. The summed E-state index contributed by atoms with van der Waals surface area (Å²) < 4.78 is 12.7. The van der Waals surface area contributed by atoms with Gasteiger partial charge in [0.15, 0.2) is 0 Å². The van der Waals surface area contributed by atoms with Crippen LogP contribution in [0.1, 0.15) is 18.5 Å². The van der Waals surface area contributed by atoms with Gasteiger partial charge in [-0.3, -0.25) is 5.32 Å². The van der Waals surface area contributed by atoms with Crippen LogP contribution in [-0.2, 0) is 0 Å². The average Bonchev–Trinajstić information content (AvgIpc) is 2.41. The molecule has 0 aliphatic heterocycles. The molecule has 1 heterocycles. The van der Waals surface area contributed by atoms with Gasteiger partial charge in [-0.2, -0.15) is 0 Å². The van der Waals surface area contributed by atoms with Gasteiger partial charge in [0.1, 0.15) is 11.6 Å². The Morgan fingerprint density at radius 3 is 2.75 bits per heavy atom. The third-order valence-electron chi connectivity index (χ3n) is 2.64. The number of anilines is 2. The van der Waals surface area contributed by atoms with Crippen LogP contribution in [0, 0.1) is 5.82 Å². The van der Waals surface area contributed by atoms with Crippen molar-refractivity contribution in [2.24, 2.45) is 5.73 Å². The fourth-order valence-corrected chi connectivity index (χ4v) is 1.63. The van der Waals surface area contributed by atoms with Gasteiger partial charge in [-0.25, -0.2) is 14.2 Å². The van der Waals surface area contributed by atoms with E-state index in [0.29, 0.717) is 5.69 Å². The minimum Gasteiger partial charge on any atom is -0.324 e. The Morgan fingerprint density at radius 2 is 2.10 bits per heavy atom. The van der Waals surface area contributed by atoms with Gasteiger partial charge < -0.3 is 11.1 Å². The summed E-state index contributed by atoms with van der Waals surface area (Å²) in [6.45, 7) is 1.86. The van der Waals surface area contributed by atoms with E-state index in [4.69, 9.17) is 5.73 Å². The van der Waals surface area contributed by atoms with Gasteiger partial charge in [0, 0.05) is 11.7 Å². The number of hydrogen-bond donors (Lipinski definition) is 3. The van der Waals surface area contributed by atoms with E-state index in [2.05, 4.69) is 15.6 Å². The normalized spacial score (nSPS) is 11.8. The number of nitrogens with one attached hydrogen (secondary N) is 2. The number of halogens is 1. The van der Waals surface area contributed by atoms with Crippen molar-refractivity contribution in [3.8, 4) is 0 Å². The molecule has 5 nitrogen and oxygen atoms in total. The minimum absolute atomic E-state index is 0.112. The molecule has 104 valence electrons. The second-order valence-corrected chi connectivity index (χ2v) is 4.35. The zero-order valence-electron chi connectivity index (χ0n) is 10.9. The lowest BCUT2D eigenvalue weighted by atomic mass is 10.1. The van der Waals surface area contributed by atoms with E-state index in [1.807, 2.05) is 19.1 Å². The van der Waals surface area contributed by atoms with Crippen LogP contribution in [0.5, 0.6) is 0 Å². The predicted octanol–water partition coefficient (Wildman–Crippen LogP) is 2.88. The third-order valence-corrected chi connectivity index (χ3v) is 2.64. The molecule has 0 radical (unpaired) electrons. The Labute approximate surface area is 116 Å². The molecule has 0 fully saturated rings. The number of nitrogens with zero attached hydrogens (tertiary/aromatic N) is 1. The SMILES string of the molecule is CC(N)c1cccc(NC(=O)Nc2ccc(F)cn2)c1. The van der Waals surface area contributed by atoms with Crippen molar-refractivity contribution in [3.05, 3.63) is 54.0 Å². The molecule has 6 heteroatoms. The summed E-state index contributed by atoms with van der Waals surface area (Å²) in [5.41, 5.74) is 7.32. The summed E-state index contributed by atoms with van der Waals surface area (Å²) in [7, 11) is 0. The maximum atomic E-state index is 12.7. The summed E-state index contributed by atoms with van der Waals surface area (Å²) in [5, 5.41) is 5.17. The van der Waals surface area contributed by atoms with Gasteiger partial charge in [0.25, 0.3) is 0 Å². The van der Waals surface area contributed by atoms with Gasteiger partial charge in [-0.05, 0) is 36.8 Å². The highest BCUT2D eigenvalue weighted by Gasteiger charge is 2.05. The van der Waals surface area contributed by atoms with Gasteiger partial charge in [-0.1, -0.05) is 12.1 Å². The number of rotatable bonds is 3. The molecule has 4 N–H and O–H groups in total. The Balaban J connectivity index is 2.01. The predicted molar refractivity (Wildman–Crippen MR) is 75.9 cm³/mol. The Hall–Kier alpha value is -2.47. The van der Waals surface area contributed by atoms with Gasteiger partial charge >= 0.3 is 6.03 Å². The van der Waals surface area contributed by atoms with Crippen molar-refractivity contribution in [1.29, 1.82) is 0 Å². The Bertz CT molecular complexity index is 598. The first-order chi connectivity index (χ1) is 9.54. The van der Waals surface area contributed by atoms with Crippen molar-refractivity contribution in [2.75, 3.05) is 10.6 Å². The number of carbonyl (C=O) groups is 1. The lowest BCUT2D eigenvalue weighted by Crippen LogP contribution is -2.20. The highest BCUT2D eigenvalue weighted by molar-refractivity contribution is 5.99. The molecule has 0 saturated heterocycles. The Kier molecular flexibility index (Phi) is 4.27. The van der Waals surface area contributed by atoms with Crippen molar-refractivity contribution in [3.63, 3.8) is 0 Å². The standard InChI is InChI=1S/C14H15FN4O/c1-9(16)10-3-2-4-12(7-10)18-14(20)19-13-6-5-11(15)8-17-13/h2-9H,16H2,1H3,(H2,17,18,19,20). The second kappa shape index (κ2) is 6.12. The zero-order chi connectivity index (χ0) is 14.5. The van der Waals surface area contributed by atoms with Crippen LogP contribution in [0.25, 0.3) is 0 Å². The first kappa shape index (κ1) is 14.0. The van der Waals surface area contributed by atoms with Gasteiger partial charge in [0.05, 0.1) is 6.20 Å². The molecule has 0 aliphatic rings. The molecule has 1 unspecified atom stereocenters. The second-order valence-electron chi connectivity index (χ2n) is 4.35. The third kappa shape index (κ3) is 3.76. The molecule has 1 atom stereocenters. The average molecular weight is 274 g/mol. The highest BCUT2D eigenvalue weighted by atomic mass is 19.1. The number of amides is 2. The molecule has 2 amide bonds. The molecule has 0 bridgehead atoms. The van der Waals surface area contributed by atoms with Crippen molar-refractivity contribution >= 4 is 17.5 Å². The molecule has 20 heavy (non-hydrogen) atoms. The summed E-state index contributed by atoms with van der Waals surface area (Å²) >= 11 is 0. The van der Waals surface area contributed by atoms with E-state index in [-0.39, 0.29) is 11.9 Å². The monoisotopic (exact) mass is 274 g/mol. The van der Waals surface area contributed by atoms with E-state index in [1.165, 1.54) is 12.1 Å². The number of nitrogens with two attached hydrogens (primary N) is 1. The van der Waals surface area contributed by atoms with Crippen LogP contribution in [0.2, 0.25) is 0 Å². The molecule has 2 rings (SSSR count). The fraction of sp³-hybridized carbons (Fsp3) is 0.143. The molecule has 2 aromatic rings. The molecule has 0 spiro atoms. The quantitative estimate of drug-likeness (QED) is 0.805. The van der Waals surface area contributed by atoms with Gasteiger partial charge in [0.2, 0.25) is 0 Å². The van der Waals surface area contributed by atoms with Gasteiger partial charge in [-0.15, -0.1) is 0 Å². The van der Waals surface area contributed by atoms with Crippen LogP contribution in [0.15, 0.2) is 42.6 Å². The number of aromatic nitrogens is 1. The summed E-state index contributed by atoms with van der Waals surface area (Å²) in [6, 6.07) is 9.28. The number of carbonyl (C=O) groups excluding carboxylic acids is 1. The number of urea groups is 1. The van der Waals surface area contributed by atoms with Crippen LogP contribution >= 0.6 is 0 Å². The van der Waals surface area contributed by atoms with E-state index in [1.54, 1.807) is 12.1 Å². The van der Waals surface area contributed by atoms with Crippen molar-refractivity contribution in [1.82, 2.24) is 4.98 Å². The fourth-order valence-electron chi connectivity index (χ4n) is 1.63. The molecule has 0 saturated carbocycles. The van der Waals surface area contributed by atoms with E-state index >= 15 is 0 Å². The summed E-state index contributed by atoms with van der Waals surface area (Å²) in [6.07, 6.45) is 1.03. The molecular formula is C14H15FN4O. The topological polar surface area (TPSA) is 80.0 Å². The summed E-state index contributed by atoms with van der Waals surface area (Å²) in [5.74, 6) is -0.187. The lowest BCUT2D eigenvalue weighted by molar-refractivity contribution is 0.262. The first-order valence-corrected chi connectivity index (χ1v) is 6.09. The largest absolute Gasteiger partial charge is 0.324 e. The zero-order valence-corrected chi connectivity index (χ0v) is 10.9. The number of hydrogen-bond acceptors (Lipinski definition) is 3. The maximum absolute atomic E-state index is 12.7. The van der Waals surface area contributed by atoms with Crippen LogP contribution in [0.3, 0.4) is 0 Å². The van der Waals surface area contributed by atoms with Crippen molar-refractivity contribution < 1.29 is 9.18 Å². The minimum atomic E-state index is -0.458. The smallest absolute Gasteiger partial charge is 0.324 e. The van der Waals surface area contributed by atoms with E-state index < -0.39 is 11.8 Å². The lowest BCUT2D eigenvalue weighted by Gasteiger charge is -2.10. The molecule has 0 aliphatic carbocycles. The number of pyridine rings is 1. The summed E-state index contributed by atoms with van der Waals surface area (Å²) in [4.78, 5) is 15.5. The van der Waals surface area contributed by atoms with Crippen molar-refractivity contribution in [2.45, 2.75) is 13.0 Å². The first-order valence-electron chi connectivity index (χ1n) is 6.09. The van der Waals surface area contributed by atoms with E-state index in [0.717, 1.165) is 11.8 Å². The van der Waals surface area contributed by atoms with Crippen LogP contribution < -0.4 is 16.4 Å². The Morgan fingerprint density at radius 1 is 1.30 bits per heavy atom. The molecule has 1 aromatic heterocycles. The maximum Gasteiger partial charge on any atom is 0.324 e.